The minimum absolute atomic E-state index is 0.246. The summed E-state index contributed by atoms with van der Waals surface area (Å²) < 4.78 is 11.5. The SMILES string of the molecule is CCCCC(CC)C(c1ccc(N)c(OCC)c1)c1ccc(N)c(OCC)c1. The summed E-state index contributed by atoms with van der Waals surface area (Å²) in [6.45, 7) is 9.68. The van der Waals surface area contributed by atoms with Gasteiger partial charge >= 0.3 is 0 Å². The molecule has 2 rings (SSSR count). The molecular formula is C24H36N2O2. The van der Waals surface area contributed by atoms with Crippen molar-refractivity contribution in [2.75, 3.05) is 24.7 Å². The number of hydrogen-bond donors (Lipinski definition) is 2. The highest BCUT2D eigenvalue weighted by Crippen LogP contribution is 2.41. The zero-order valence-corrected chi connectivity index (χ0v) is 17.8. The number of nitrogens with two attached hydrogens (primary N) is 2. The maximum atomic E-state index is 6.13. The van der Waals surface area contributed by atoms with E-state index in [2.05, 4.69) is 38.1 Å². The van der Waals surface area contributed by atoms with Crippen LogP contribution < -0.4 is 20.9 Å². The van der Waals surface area contributed by atoms with E-state index in [1.54, 1.807) is 0 Å². The lowest BCUT2D eigenvalue weighted by Gasteiger charge is -2.28. The van der Waals surface area contributed by atoms with Gasteiger partial charge in [-0.3, -0.25) is 0 Å². The molecule has 2 aromatic carbocycles. The molecule has 0 heterocycles. The van der Waals surface area contributed by atoms with Crippen molar-refractivity contribution in [3.8, 4) is 11.5 Å². The van der Waals surface area contributed by atoms with Crippen LogP contribution in [0.3, 0.4) is 0 Å². The molecule has 0 aromatic heterocycles. The quantitative estimate of drug-likeness (QED) is 0.466. The lowest BCUT2D eigenvalue weighted by molar-refractivity contribution is 0.339. The second-order valence-corrected chi connectivity index (χ2v) is 7.25. The van der Waals surface area contributed by atoms with Gasteiger partial charge in [0, 0.05) is 5.92 Å². The second-order valence-electron chi connectivity index (χ2n) is 7.25. The number of ether oxygens (including phenoxy) is 2. The molecule has 0 saturated carbocycles. The zero-order valence-electron chi connectivity index (χ0n) is 17.8. The third-order valence-electron chi connectivity index (χ3n) is 5.32. The summed E-state index contributed by atoms with van der Waals surface area (Å²) in [6.07, 6.45) is 4.70. The first-order chi connectivity index (χ1) is 13.5. The van der Waals surface area contributed by atoms with E-state index in [0.29, 0.717) is 30.5 Å². The van der Waals surface area contributed by atoms with Crippen LogP contribution in [0.15, 0.2) is 36.4 Å². The number of nitrogen functional groups attached to an aromatic ring is 2. The van der Waals surface area contributed by atoms with Gasteiger partial charge in [-0.05, 0) is 61.6 Å². The Morgan fingerprint density at radius 1 is 0.786 bits per heavy atom. The summed E-state index contributed by atoms with van der Waals surface area (Å²) in [7, 11) is 0. The number of rotatable bonds is 11. The molecule has 0 radical (unpaired) electrons. The molecule has 0 aliphatic rings. The first-order valence-electron chi connectivity index (χ1n) is 10.6. The largest absolute Gasteiger partial charge is 0.492 e. The zero-order chi connectivity index (χ0) is 20.5. The molecule has 0 spiro atoms. The fourth-order valence-electron chi connectivity index (χ4n) is 3.86. The molecule has 28 heavy (non-hydrogen) atoms. The molecule has 2 aromatic rings. The Kier molecular flexibility index (Phi) is 8.49. The molecular weight excluding hydrogens is 348 g/mol. The van der Waals surface area contributed by atoms with Gasteiger partial charge in [0.15, 0.2) is 0 Å². The Bertz CT molecular complexity index is 690. The van der Waals surface area contributed by atoms with Crippen LogP contribution in [-0.2, 0) is 0 Å². The number of hydrogen-bond acceptors (Lipinski definition) is 4. The molecule has 4 nitrogen and oxygen atoms in total. The van der Waals surface area contributed by atoms with Crippen molar-refractivity contribution in [2.45, 2.75) is 59.3 Å². The van der Waals surface area contributed by atoms with Crippen molar-refractivity contribution in [1.29, 1.82) is 0 Å². The molecule has 0 bridgehead atoms. The first kappa shape index (κ1) is 21.9. The molecule has 0 amide bonds. The molecule has 1 atom stereocenters. The van der Waals surface area contributed by atoms with Gasteiger partial charge in [0.2, 0.25) is 0 Å². The topological polar surface area (TPSA) is 70.5 Å². The van der Waals surface area contributed by atoms with Crippen LogP contribution in [0, 0.1) is 5.92 Å². The highest BCUT2D eigenvalue weighted by atomic mass is 16.5. The highest BCUT2D eigenvalue weighted by Gasteiger charge is 2.25. The Balaban J connectivity index is 2.54. The van der Waals surface area contributed by atoms with Gasteiger partial charge in [0.1, 0.15) is 11.5 Å². The van der Waals surface area contributed by atoms with Gasteiger partial charge < -0.3 is 20.9 Å². The smallest absolute Gasteiger partial charge is 0.142 e. The summed E-state index contributed by atoms with van der Waals surface area (Å²) in [5.74, 6) is 2.29. The molecule has 4 N–H and O–H groups in total. The summed E-state index contributed by atoms with van der Waals surface area (Å²) in [5, 5.41) is 0. The van der Waals surface area contributed by atoms with E-state index < -0.39 is 0 Å². The van der Waals surface area contributed by atoms with Crippen LogP contribution in [0.25, 0.3) is 0 Å². The van der Waals surface area contributed by atoms with Crippen molar-refractivity contribution in [1.82, 2.24) is 0 Å². The fourth-order valence-corrected chi connectivity index (χ4v) is 3.86. The first-order valence-corrected chi connectivity index (χ1v) is 10.6. The fraction of sp³-hybridized carbons (Fsp3) is 0.500. The predicted octanol–water partition coefficient (Wildman–Crippen LogP) is 6.00. The summed E-state index contributed by atoms with van der Waals surface area (Å²) in [6, 6.07) is 12.4. The van der Waals surface area contributed by atoms with Crippen LogP contribution in [0.1, 0.15) is 70.4 Å². The number of anilines is 2. The van der Waals surface area contributed by atoms with Gasteiger partial charge in [0.05, 0.1) is 24.6 Å². The maximum absolute atomic E-state index is 6.13. The molecule has 0 saturated heterocycles. The Morgan fingerprint density at radius 2 is 1.29 bits per heavy atom. The van der Waals surface area contributed by atoms with E-state index in [1.165, 1.54) is 30.4 Å². The van der Waals surface area contributed by atoms with Crippen molar-refractivity contribution in [3.05, 3.63) is 47.5 Å². The van der Waals surface area contributed by atoms with E-state index in [1.807, 2.05) is 26.0 Å². The molecule has 0 aliphatic carbocycles. The lowest BCUT2D eigenvalue weighted by atomic mass is 9.77. The van der Waals surface area contributed by atoms with Crippen molar-refractivity contribution in [3.63, 3.8) is 0 Å². The van der Waals surface area contributed by atoms with Crippen molar-refractivity contribution in [2.24, 2.45) is 5.92 Å². The third kappa shape index (κ3) is 5.34. The molecule has 154 valence electrons. The van der Waals surface area contributed by atoms with Crippen molar-refractivity contribution >= 4 is 11.4 Å². The van der Waals surface area contributed by atoms with E-state index in [-0.39, 0.29) is 5.92 Å². The Labute approximate surface area is 170 Å². The number of unbranched alkanes of at least 4 members (excludes halogenated alkanes) is 1. The highest BCUT2D eigenvalue weighted by molar-refractivity contribution is 5.58. The molecule has 0 aliphatic heterocycles. The molecule has 4 heteroatoms. The van der Waals surface area contributed by atoms with E-state index in [4.69, 9.17) is 20.9 Å². The normalized spacial score (nSPS) is 12.2. The van der Waals surface area contributed by atoms with Gasteiger partial charge in [-0.25, -0.2) is 0 Å². The van der Waals surface area contributed by atoms with Crippen molar-refractivity contribution < 1.29 is 9.47 Å². The van der Waals surface area contributed by atoms with Crippen LogP contribution >= 0.6 is 0 Å². The van der Waals surface area contributed by atoms with Crippen LogP contribution in [0.2, 0.25) is 0 Å². The summed E-state index contributed by atoms with van der Waals surface area (Å²) in [5.41, 5.74) is 16.1. The standard InChI is InChI=1S/C24H36N2O2/c1-5-9-10-17(6-2)24(18-11-13-20(25)22(15-18)27-7-3)19-12-14-21(26)23(16-19)28-8-4/h11-17,24H,5-10,25-26H2,1-4H3. The average Bonchev–Trinajstić information content (AvgIpc) is 2.69. The predicted molar refractivity (Wildman–Crippen MR) is 119 cm³/mol. The van der Waals surface area contributed by atoms with Crippen LogP contribution in [0.5, 0.6) is 11.5 Å². The Hall–Kier alpha value is -2.36. The van der Waals surface area contributed by atoms with Gasteiger partial charge in [-0.2, -0.15) is 0 Å². The second kappa shape index (κ2) is 10.8. The average molecular weight is 385 g/mol. The molecule has 1 unspecified atom stereocenters. The molecule has 0 fully saturated rings. The minimum Gasteiger partial charge on any atom is -0.492 e. The van der Waals surface area contributed by atoms with E-state index in [9.17, 15) is 0 Å². The monoisotopic (exact) mass is 384 g/mol. The Morgan fingerprint density at radius 3 is 1.68 bits per heavy atom. The van der Waals surface area contributed by atoms with Crippen LogP contribution in [0.4, 0.5) is 11.4 Å². The minimum atomic E-state index is 0.246. The van der Waals surface area contributed by atoms with Gasteiger partial charge in [-0.15, -0.1) is 0 Å². The lowest BCUT2D eigenvalue weighted by Crippen LogP contribution is -2.15. The maximum Gasteiger partial charge on any atom is 0.142 e. The van der Waals surface area contributed by atoms with Gasteiger partial charge in [0.25, 0.3) is 0 Å². The van der Waals surface area contributed by atoms with Gasteiger partial charge in [-0.1, -0.05) is 45.2 Å². The summed E-state index contributed by atoms with van der Waals surface area (Å²) >= 11 is 0. The number of benzene rings is 2. The van der Waals surface area contributed by atoms with E-state index in [0.717, 1.165) is 17.9 Å². The van der Waals surface area contributed by atoms with Crippen LogP contribution in [-0.4, -0.2) is 13.2 Å². The summed E-state index contributed by atoms with van der Waals surface area (Å²) in [4.78, 5) is 0. The third-order valence-corrected chi connectivity index (χ3v) is 5.32. The van der Waals surface area contributed by atoms with E-state index >= 15 is 0 Å².